The molecule has 2 aromatic heterocycles. The highest BCUT2D eigenvalue weighted by Gasteiger charge is 2.27. The summed E-state index contributed by atoms with van der Waals surface area (Å²) in [5, 5.41) is 15.5. The van der Waals surface area contributed by atoms with Crippen LogP contribution in [0.5, 0.6) is 17.4 Å². The number of nitrogens with zero attached hydrogens (tertiary/aromatic N) is 5. The number of rotatable bonds is 7. The average Bonchev–Trinajstić information content (AvgIpc) is 3.34. The van der Waals surface area contributed by atoms with Gasteiger partial charge in [-0.25, -0.2) is 0 Å². The topological polar surface area (TPSA) is 106 Å². The molecule has 10 heteroatoms. The number of hydrogen-bond donors (Lipinski definition) is 1. The van der Waals surface area contributed by atoms with E-state index < -0.39 is 0 Å². The summed E-state index contributed by atoms with van der Waals surface area (Å²) in [4.78, 5) is 16.8. The second-order valence-corrected chi connectivity index (χ2v) is 7.99. The first-order valence-corrected chi connectivity index (χ1v) is 10.7. The van der Waals surface area contributed by atoms with E-state index >= 15 is 0 Å². The van der Waals surface area contributed by atoms with E-state index in [1.807, 2.05) is 43.3 Å². The number of amides is 1. The molecule has 1 aliphatic rings. The third kappa shape index (κ3) is 5.00. The van der Waals surface area contributed by atoms with Crippen LogP contribution in [0.25, 0.3) is 11.3 Å². The molecule has 1 N–H and O–H groups in total. The first kappa shape index (κ1) is 22.4. The third-order valence-corrected chi connectivity index (χ3v) is 5.53. The van der Waals surface area contributed by atoms with Crippen molar-refractivity contribution in [3.8, 4) is 28.6 Å². The van der Waals surface area contributed by atoms with Gasteiger partial charge in [0.25, 0.3) is 5.91 Å². The number of carbonyl (C=O) groups is 1. The van der Waals surface area contributed by atoms with Crippen molar-refractivity contribution in [1.29, 1.82) is 0 Å². The highest BCUT2D eigenvalue weighted by Crippen LogP contribution is 2.32. The number of anilines is 1. The van der Waals surface area contributed by atoms with Crippen LogP contribution < -0.4 is 19.1 Å². The quantitative estimate of drug-likeness (QED) is 0.583. The molecule has 1 aliphatic heterocycles. The van der Waals surface area contributed by atoms with Crippen molar-refractivity contribution in [2.24, 2.45) is 0 Å². The molecule has 1 unspecified atom stereocenters. The Kier molecular flexibility index (Phi) is 6.62. The fraction of sp³-hybridized carbons (Fsp3) is 0.391. The highest BCUT2D eigenvalue weighted by molar-refractivity contribution is 5.93. The molecule has 0 saturated carbocycles. The number of piperidine rings is 1. The molecule has 3 aromatic rings. The first-order valence-electron chi connectivity index (χ1n) is 10.7. The van der Waals surface area contributed by atoms with E-state index in [0.29, 0.717) is 41.9 Å². The maximum Gasteiger partial charge on any atom is 0.272 e. The largest absolute Gasteiger partial charge is 0.497 e. The van der Waals surface area contributed by atoms with Gasteiger partial charge in [0.1, 0.15) is 23.3 Å². The van der Waals surface area contributed by atoms with E-state index in [1.54, 1.807) is 31.3 Å². The molecule has 1 atom stereocenters. The van der Waals surface area contributed by atoms with Crippen molar-refractivity contribution in [3.05, 3.63) is 42.1 Å². The molecule has 4 rings (SSSR count). The number of ether oxygens (including phenoxy) is 3. The van der Waals surface area contributed by atoms with Crippen molar-refractivity contribution in [1.82, 2.24) is 25.3 Å². The first-order chi connectivity index (χ1) is 16.0. The maximum absolute atomic E-state index is 13.1. The molecule has 3 heterocycles. The van der Waals surface area contributed by atoms with Gasteiger partial charge in [0.15, 0.2) is 5.82 Å². The summed E-state index contributed by atoms with van der Waals surface area (Å²) in [7, 11) is 7.00. The van der Waals surface area contributed by atoms with Crippen molar-refractivity contribution in [2.45, 2.75) is 18.9 Å². The summed E-state index contributed by atoms with van der Waals surface area (Å²) >= 11 is 0. The van der Waals surface area contributed by atoms with Gasteiger partial charge in [0.05, 0.1) is 26.5 Å². The minimum absolute atomic E-state index is 0.127. The number of benzene rings is 1. The molecular weight excluding hydrogens is 424 g/mol. The lowest BCUT2D eigenvalue weighted by Crippen LogP contribution is -2.44. The minimum Gasteiger partial charge on any atom is -0.497 e. The minimum atomic E-state index is -0.150. The third-order valence-electron chi connectivity index (χ3n) is 5.53. The van der Waals surface area contributed by atoms with Crippen LogP contribution in [0.2, 0.25) is 0 Å². The Morgan fingerprint density at radius 1 is 1.12 bits per heavy atom. The van der Waals surface area contributed by atoms with Crippen molar-refractivity contribution >= 4 is 11.7 Å². The number of hydrogen-bond acceptors (Lipinski definition) is 8. The summed E-state index contributed by atoms with van der Waals surface area (Å²) in [6, 6.07) is 10.8. The average molecular weight is 453 g/mol. The summed E-state index contributed by atoms with van der Waals surface area (Å²) in [6.45, 7) is 1.12. The molecule has 10 nitrogen and oxygen atoms in total. The molecule has 1 fully saturated rings. The van der Waals surface area contributed by atoms with Gasteiger partial charge in [-0.3, -0.25) is 9.89 Å². The van der Waals surface area contributed by atoms with Crippen molar-refractivity contribution in [3.63, 3.8) is 0 Å². The molecule has 0 aliphatic carbocycles. The fourth-order valence-electron chi connectivity index (χ4n) is 3.76. The Morgan fingerprint density at radius 3 is 2.67 bits per heavy atom. The van der Waals surface area contributed by atoms with E-state index in [9.17, 15) is 4.79 Å². The number of likely N-dealkylation sites (tertiary alicyclic amines) is 1. The molecule has 33 heavy (non-hydrogen) atoms. The van der Waals surface area contributed by atoms with E-state index in [1.165, 1.54) is 0 Å². The Bertz CT molecular complexity index is 1100. The molecule has 1 saturated heterocycles. The zero-order valence-corrected chi connectivity index (χ0v) is 19.2. The van der Waals surface area contributed by atoms with Gasteiger partial charge in [-0.05, 0) is 43.2 Å². The molecule has 174 valence electrons. The van der Waals surface area contributed by atoms with Crippen molar-refractivity contribution < 1.29 is 19.0 Å². The van der Waals surface area contributed by atoms with Crippen LogP contribution in [-0.2, 0) is 0 Å². The van der Waals surface area contributed by atoms with Crippen LogP contribution in [-0.4, -0.2) is 78.7 Å². The van der Waals surface area contributed by atoms with E-state index in [4.69, 9.17) is 14.2 Å². The second-order valence-electron chi connectivity index (χ2n) is 7.99. The van der Waals surface area contributed by atoms with Crippen LogP contribution in [0.1, 0.15) is 23.3 Å². The smallest absolute Gasteiger partial charge is 0.272 e. The van der Waals surface area contributed by atoms with E-state index in [-0.39, 0.29) is 12.0 Å². The lowest BCUT2D eigenvalue weighted by Gasteiger charge is -2.32. The molecule has 1 amide bonds. The number of aromatic amines is 1. The Morgan fingerprint density at radius 2 is 1.97 bits per heavy atom. The molecule has 0 radical (unpaired) electrons. The van der Waals surface area contributed by atoms with Gasteiger partial charge in [-0.1, -0.05) is 0 Å². The lowest BCUT2D eigenvalue weighted by atomic mass is 10.1. The van der Waals surface area contributed by atoms with Crippen LogP contribution >= 0.6 is 0 Å². The normalized spacial score (nSPS) is 15.8. The van der Waals surface area contributed by atoms with Gasteiger partial charge in [0.2, 0.25) is 5.88 Å². The monoisotopic (exact) mass is 452 g/mol. The standard InChI is InChI=1S/C23H28N6O4/c1-28(2)21-9-10-22(27-26-21)33-16-6-5-11-29(14-16)23(30)19-13-18(24-25-19)17-12-15(31-3)7-8-20(17)32-4/h7-10,12-13,16H,5-6,11,14H2,1-4H3,(H,24,25). The molecule has 0 bridgehead atoms. The fourth-order valence-corrected chi connectivity index (χ4v) is 3.76. The number of aromatic nitrogens is 4. The summed E-state index contributed by atoms with van der Waals surface area (Å²) < 4.78 is 16.7. The molecule has 0 spiro atoms. The number of nitrogens with one attached hydrogen (secondary N) is 1. The molecular formula is C23H28N6O4. The summed E-state index contributed by atoms with van der Waals surface area (Å²) in [5.74, 6) is 2.41. The van der Waals surface area contributed by atoms with Crippen LogP contribution in [0.15, 0.2) is 36.4 Å². The summed E-state index contributed by atoms with van der Waals surface area (Å²) in [6.07, 6.45) is 1.53. The Labute approximate surface area is 192 Å². The zero-order valence-electron chi connectivity index (χ0n) is 19.2. The van der Waals surface area contributed by atoms with Crippen LogP contribution in [0.4, 0.5) is 5.82 Å². The molecule has 1 aromatic carbocycles. The van der Waals surface area contributed by atoms with Gasteiger partial charge in [-0.15, -0.1) is 10.2 Å². The second kappa shape index (κ2) is 9.76. The maximum atomic E-state index is 13.1. The van der Waals surface area contributed by atoms with Crippen LogP contribution in [0, 0.1) is 0 Å². The van der Waals surface area contributed by atoms with Crippen LogP contribution in [0.3, 0.4) is 0 Å². The van der Waals surface area contributed by atoms with Gasteiger partial charge >= 0.3 is 0 Å². The van der Waals surface area contributed by atoms with Crippen molar-refractivity contribution in [2.75, 3.05) is 46.3 Å². The van der Waals surface area contributed by atoms with Gasteiger partial charge < -0.3 is 24.0 Å². The number of methoxy groups -OCH3 is 2. The SMILES string of the molecule is COc1ccc(OC)c(-c2cc(C(=O)N3CCCC(Oc4ccc(N(C)C)nn4)C3)[nH]n2)c1. The van der Waals surface area contributed by atoms with E-state index in [2.05, 4.69) is 20.4 Å². The lowest BCUT2D eigenvalue weighted by molar-refractivity contribution is 0.0520. The zero-order chi connectivity index (χ0) is 23.4. The predicted octanol–water partition coefficient (Wildman–Crippen LogP) is 2.63. The summed E-state index contributed by atoms with van der Waals surface area (Å²) in [5.41, 5.74) is 1.76. The predicted molar refractivity (Wildman–Crippen MR) is 123 cm³/mol. The Balaban J connectivity index is 1.45. The van der Waals surface area contributed by atoms with Gasteiger partial charge in [0, 0.05) is 32.3 Å². The highest BCUT2D eigenvalue weighted by atomic mass is 16.5. The van der Waals surface area contributed by atoms with E-state index in [0.717, 1.165) is 24.2 Å². The Hall–Kier alpha value is -3.82. The van der Waals surface area contributed by atoms with Gasteiger partial charge in [-0.2, -0.15) is 5.10 Å². The number of H-pyrrole nitrogens is 1. The number of carbonyl (C=O) groups excluding carboxylic acids is 1.